The molecule has 0 saturated carbocycles. The smallest absolute Gasteiger partial charge is 0.142 e. The molecule has 0 radical (unpaired) electrons. The molecule has 1 aliphatic heterocycles. The normalized spacial score (nSPS) is 13.1. The highest BCUT2D eigenvalue weighted by molar-refractivity contribution is 7.99. The summed E-state index contributed by atoms with van der Waals surface area (Å²) in [5.74, 6) is 2.81. The molecule has 1 aromatic heterocycles. The highest BCUT2D eigenvalue weighted by Gasteiger charge is 2.18. The second-order valence-electron chi connectivity index (χ2n) is 5.11. The Bertz CT molecular complexity index is 850. The minimum absolute atomic E-state index is 0.823. The van der Waals surface area contributed by atoms with Crippen molar-refractivity contribution in [3.05, 3.63) is 48.3 Å². The van der Waals surface area contributed by atoms with Gasteiger partial charge in [-0.2, -0.15) is 0 Å². The van der Waals surface area contributed by atoms with Crippen molar-refractivity contribution in [2.45, 2.75) is 11.3 Å². The van der Waals surface area contributed by atoms with Crippen LogP contribution in [0.15, 0.2) is 47.6 Å². The van der Waals surface area contributed by atoms with Crippen LogP contribution in [0.2, 0.25) is 0 Å². The van der Waals surface area contributed by atoms with Gasteiger partial charge in [-0.05, 0) is 36.2 Å². The van der Waals surface area contributed by atoms with E-state index in [0.29, 0.717) is 0 Å². The van der Waals surface area contributed by atoms with Gasteiger partial charge in [0.15, 0.2) is 0 Å². The fraction of sp³-hybridized carbons (Fsp3) is 0.176. The first-order chi connectivity index (χ1) is 10.8. The predicted molar refractivity (Wildman–Crippen MR) is 90.2 cm³/mol. The Labute approximate surface area is 132 Å². The molecule has 5 heteroatoms. The fourth-order valence-corrected chi connectivity index (χ4v) is 3.85. The molecule has 4 nitrogen and oxygen atoms in total. The van der Waals surface area contributed by atoms with Crippen molar-refractivity contribution >= 4 is 34.2 Å². The van der Waals surface area contributed by atoms with Gasteiger partial charge in [-0.15, -0.1) is 11.8 Å². The van der Waals surface area contributed by atoms with E-state index in [9.17, 15) is 0 Å². The zero-order valence-electron chi connectivity index (χ0n) is 12.2. The molecule has 0 aliphatic carbocycles. The van der Waals surface area contributed by atoms with Crippen molar-refractivity contribution in [2.24, 2.45) is 0 Å². The maximum atomic E-state index is 5.28. The number of benzene rings is 2. The third-order valence-electron chi connectivity index (χ3n) is 3.81. The lowest BCUT2D eigenvalue weighted by molar-refractivity contribution is 0.415. The number of anilines is 2. The second kappa shape index (κ2) is 5.50. The molecule has 110 valence electrons. The largest absolute Gasteiger partial charge is 0.497 e. The van der Waals surface area contributed by atoms with Crippen LogP contribution in [-0.2, 0) is 6.42 Å². The number of thioether (sulfide) groups is 1. The van der Waals surface area contributed by atoms with Gasteiger partial charge < -0.3 is 10.1 Å². The van der Waals surface area contributed by atoms with Crippen molar-refractivity contribution in [1.29, 1.82) is 0 Å². The Morgan fingerprint density at radius 1 is 1.18 bits per heavy atom. The molecule has 0 saturated heterocycles. The number of hydrogen-bond donors (Lipinski definition) is 1. The summed E-state index contributed by atoms with van der Waals surface area (Å²) in [7, 11) is 1.67. The zero-order valence-corrected chi connectivity index (χ0v) is 13.0. The van der Waals surface area contributed by atoms with E-state index in [2.05, 4.69) is 27.4 Å². The summed E-state index contributed by atoms with van der Waals surface area (Å²) in [6.45, 7) is 0. The van der Waals surface area contributed by atoms with E-state index < -0.39 is 0 Å². The zero-order chi connectivity index (χ0) is 14.9. The molecule has 0 fully saturated rings. The van der Waals surface area contributed by atoms with Crippen LogP contribution in [0.1, 0.15) is 5.56 Å². The standard InChI is InChI=1S/C17H15N3OS/c1-21-12-4-2-3-11(9-12)20-17-16-13-7-8-22-15(13)6-5-14(16)18-10-19-17/h2-6,9-10H,7-8H2,1H3,(H,18,19,20). The van der Waals surface area contributed by atoms with Crippen LogP contribution < -0.4 is 10.1 Å². The minimum Gasteiger partial charge on any atom is -0.497 e. The lowest BCUT2D eigenvalue weighted by atomic mass is 10.1. The highest BCUT2D eigenvalue weighted by Crippen LogP contribution is 2.38. The van der Waals surface area contributed by atoms with E-state index in [1.54, 1.807) is 13.4 Å². The second-order valence-corrected chi connectivity index (χ2v) is 6.25. The average molecular weight is 309 g/mol. The molecule has 2 aromatic carbocycles. The molecule has 3 aromatic rings. The van der Waals surface area contributed by atoms with Crippen LogP contribution in [-0.4, -0.2) is 22.8 Å². The number of ether oxygens (including phenoxy) is 1. The number of fused-ring (bicyclic) bond motifs is 3. The van der Waals surface area contributed by atoms with Gasteiger partial charge in [0.05, 0.1) is 12.6 Å². The van der Waals surface area contributed by atoms with Crippen molar-refractivity contribution < 1.29 is 4.74 Å². The summed E-state index contributed by atoms with van der Waals surface area (Å²) in [6.07, 6.45) is 2.68. The average Bonchev–Trinajstić information content (AvgIpc) is 3.04. The molecule has 0 bridgehead atoms. The van der Waals surface area contributed by atoms with E-state index in [1.165, 1.54) is 10.5 Å². The topological polar surface area (TPSA) is 47.0 Å². The van der Waals surface area contributed by atoms with E-state index in [-0.39, 0.29) is 0 Å². The van der Waals surface area contributed by atoms with Crippen LogP contribution in [0.5, 0.6) is 5.75 Å². The van der Waals surface area contributed by atoms with Crippen LogP contribution in [0.4, 0.5) is 11.5 Å². The molecular weight excluding hydrogens is 294 g/mol. The van der Waals surface area contributed by atoms with Gasteiger partial charge in [0.1, 0.15) is 17.9 Å². The lowest BCUT2D eigenvalue weighted by Crippen LogP contribution is -1.99. The Hall–Kier alpha value is -2.27. The summed E-state index contributed by atoms with van der Waals surface area (Å²) in [5.41, 5.74) is 3.30. The van der Waals surface area contributed by atoms with Gasteiger partial charge in [0, 0.05) is 27.8 Å². The molecule has 2 heterocycles. The van der Waals surface area contributed by atoms with Crippen molar-refractivity contribution in [3.63, 3.8) is 0 Å². The molecule has 1 aliphatic rings. The summed E-state index contributed by atoms with van der Waals surface area (Å²) < 4.78 is 5.28. The summed E-state index contributed by atoms with van der Waals surface area (Å²) in [4.78, 5) is 10.2. The summed E-state index contributed by atoms with van der Waals surface area (Å²) in [5, 5.41) is 4.54. The van der Waals surface area contributed by atoms with E-state index >= 15 is 0 Å². The third-order valence-corrected chi connectivity index (χ3v) is 4.91. The predicted octanol–water partition coefficient (Wildman–Crippen LogP) is 4.03. The number of rotatable bonds is 3. The number of nitrogens with zero attached hydrogens (tertiary/aromatic N) is 2. The van der Waals surface area contributed by atoms with Crippen LogP contribution in [0.3, 0.4) is 0 Å². The van der Waals surface area contributed by atoms with E-state index in [4.69, 9.17) is 4.74 Å². The minimum atomic E-state index is 0.823. The molecule has 1 N–H and O–H groups in total. The number of aromatic nitrogens is 2. The number of nitrogens with one attached hydrogen (secondary N) is 1. The molecule has 0 spiro atoms. The Kier molecular flexibility index (Phi) is 3.35. The van der Waals surface area contributed by atoms with Gasteiger partial charge in [-0.1, -0.05) is 6.07 Å². The van der Waals surface area contributed by atoms with E-state index in [0.717, 1.165) is 40.3 Å². The summed E-state index contributed by atoms with van der Waals surface area (Å²) in [6, 6.07) is 12.1. The highest BCUT2D eigenvalue weighted by atomic mass is 32.2. The molecule has 4 rings (SSSR count). The summed E-state index contributed by atoms with van der Waals surface area (Å²) >= 11 is 1.90. The first-order valence-electron chi connectivity index (χ1n) is 7.15. The van der Waals surface area contributed by atoms with Gasteiger partial charge in [-0.25, -0.2) is 9.97 Å². The Balaban J connectivity index is 1.83. The molecule has 0 atom stereocenters. The monoisotopic (exact) mass is 309 g/mol. The first-order valence-corrected chi connectivity index (χ1v) is 8.14. The number of hydrogen-bond acceptors (Lipinski definition) is 5. The van der Waals surface area contributed by atoms with Crippen LogP contribution in [0.25, 0.3) is 10.9 Å². The van der Waals surface area contributed by atoms with Gasteiger partial charge >= 0.3 is 0 Å². The Morgan fingerprint density at radius 2 is 2.14 bits per heavy atom. The number of aryl methyl sites for hydroxylation is 1. The molecule has 22 heavy (non-hydrogen) atoms. The van der Waals surface area contributed by atoms with Crippen molar-refractivity contribution in [1.82, 2.24) is 9.97 Å². The van der Waals surface area contributed by atoms with Gasteiger partial charge in [0.2, 0.25) is 0 Å². The lowest BCUT2D eigenvalue weighted by Gasteiger charge is -2.12. The van der Waals surface area contributed by atoms with E-state index in [1.807, 2.05) is 36.0 Å². The first kappa shape index (κ1) is 13.4. The molecule has 0 amide bonds. The van der Waals surface area contributed by atoms with Crippen LogP contribution >= 0.6 is 11.8 Å². The van der Waals surface area contributed by atoms with Gasteiger partial charge in [0.25, 0.3) is 0 Å². The molecule has 0 unspecified atom stereocenters. The van der Waals surface area contributed by atoms with Gasteiger partial charge in [-0.3, -0.25) is 0 Å². The number of methoxy groups -OCH3 is 1. The SMILES string of the molecule is COc1cccc(Nc2ncnc3ccc4c(c23)CCS4)c1. The Morgan fingerprint density at radius 3 is 3.05 bits per heavy atom. The molecular formula is C17H15N3OS. The maximum Gasteiger partial charge on any atom is 0.142 e. The quantitative estimate of drug-likeness (QED) is 0.791. The van der Waals surface area contributed by atoms with Crippen molar-refractivity contribution in [3.8, 4) is 5.75 Å². The fourth-order valence-electron chi connectivity index (χ4n) is 2.78. The third kappa shape index (κ3) is 2.27. The maximum absolute atomic E-state index is 5.28. The van der Waals surface area contributed by atoms with Crippen molar-refractivity contribution in [2.75, 3.05) is 18.2 Å². The van der Waals surface area contributed by atoms with Crippen LogP contribution in [0, 0.1) is 0 Å².